The summed E-state index contributed by atoms with van der Waals surface area (Å²) in [6.07, 6.45) is 1.42. The quantitative estimate of drug-likeness (QED) is 0.797. The lowest BCUT2D eigenvalue weighted by molar-refractivity contribution is -0.117. The standard InChI is InChI=1S/C11H12ClFN2O3S/c1-7-2-9(12)4-14-11(7)15-5-8(3-10(15)16)6-19(13,17)18/h2,4,8H,3,5-6H2,1H3. The van der Waals surface area contributed by atoms with Crippen LogP contribution in [0.1, 0.15) is 12.0 Å². The number of halogens is 2. The van der Waals surface area contributed by atoms with E-state index in [9.17, 15) is 17.1 Å². The second kappa shape index (κ2) is 5.05. The molecule has 1 aromatic heterocycles. The van der Waals surface area contributed by atoms with E-state index < -0.39 is 21.9 Å². The predicted octanol–water partition coefficient (Wildman–Crippen LogP) is 1.70. The highest BCUT2D eigenvalue weighted by Crippen LogP contribution is 2.28. The minimum atomic E-state index is -4.57. The monoisotopic (exact) mass is 306 g/mol. The predicted molar refractivity (Wildman–Crippen MR) is 69.3 cm³/mol. The number of pyridine rings is 1. The molecule has 0 radical (unpaired) electrons. The molecule has 0 aliphatic carbocycles. The fourth-order valence-corrected chi connectivity index (χ4v) is 3.19. The zero-order chi connectivity index (χ0) is 14.2. The van der Waals surface area contributed by atoms with Crippen LogP contribution in [0.4, 0.5) is 9.70 Å². The topological polar surface area (TPSA) is 67.3 Å². The number of carbonyl (C=O) groups is 1. The summed E-state index contributed by atoms with van der Waals surface area (Å²) in [5.41, 5.74) is 0.713. The van der Waals surface area contributed by atoms with Gasteiger partial charge in [-0.2, -0.15) is 8.42 Å². The van der Waals surface area contributed by atoms with Crippen molar-refractivity contribution >= 4 is 33.5 Å². The van der Waals surface area contributed by atoms with E-state index in [1.165, 1.54) is 11.1 Å². The van der Waals surface area contributed by atoms with Crippen molar-refractivity contribution in [2.75, 3.05) is 17.2 Å². The number of hydrogen-bond donors (Lipinski definition) is 0. The third kappa shape index (κ3) is 3.42. The molecule has 8 heteroatoms. The van der Waals surface area contributed by atoms with Crippen LogP contribution in [0.25, 0.3) is 0 Å². The van der Waals surface area contributed by atoms with Crippen molar-refractivity contribution in [3.63, 3.8) is 0 Å². The molecule has 19 heavy (non-hydrogen) atoms. The van der Waals surface area contributed by atoms with Crippen LogP contribution >= 0.6 is 11.6 Å². The summed E-state index contributed by atoms with van der Waals surface area (Å²) in [4.78, 5) is 17.3. The van der Waals surface area contributed by atoms with Crippen LogP contribution in [0.3, 0.4) is 0 Å². The van der Waals surface area contributed by atoms with Gasteiger partial charge < -0.3 is 0 Å². The molecule has 104 valence electrons. The lowest BCUT2D eigenvalue weighted by Crippen LogP contribution is -2.27. The Balaban J connectivity index is 2.20. The highest BCUT2D eigenvalue weighted by Gasteiger charge is 2.34. The van der Waals surface area contributed by atoms with Crippen molar-refractivity contribution in [3.05, 3.63) is 22.8 Å². The van der Waals surface area contributed by atoms with E-state index >= 15 is 0 Å². The summed E-state index contributed by atoms with van der Waals surface area (Å²) in [5, 5.41) is 0.454. The van der Waals surface area contributed by atoms with E-state index in [1.807, 2.05) is 0 Å². The first kappa shape index (κ1) is 14.2. The third-order valence-electron chi connectivity index (χ3n) is 2.91. The molecule has 0 spiro atoms. The molecule has 1 aliphatic rings. The van der Waals surface area contributed by atoms with Crippen LogP contribution in [0.2, 0.25) is 5.02 Å². The van der Waals surface area contributed by atoms with Crippen LogP contribution in [0, 0.1) is 12.8 Å². The second-order valence-corrected chi connectivity index (χ2v) is 6.42. The van der Waals surface area contributed by atoms with Gasteiger partial charge in [0.1, 0.15) is 5.82 Å². The summed E-state index contributed by atoms with van der Waals surface area (Å²) in [6.45, 7) is 1.90. The Morgan fingerprint density at radius 2 is 2.26 bits per heavy atom. The summed E-state index contributed by atoms with van der Waals surface area (Å²) in [7, 11) is -4.57. The van der Waals surface area contributed by atoms with Crippen molar-refractivity contribution in [2.45, 2.75) is 13.3 Å². The fraction of sp³-hybridized carbons (Fsp3) is 0.455. The van der Waals surface area contributed by atoms with Gasteiger partial charge in [-0.3, -0.25) is 9.69 Å². The third-order valence-corrected chi connectivity index (χ3v) is 3.99. The number of anilines is 1. The molecule has 0 aromatic carbocycles. The summed E-state index contributed by atoms with van der Waals surface area (Å²) in [5.74, 6) is -0.999. The second-order valence-electron chi connectivity index (χ2n) is 4.57. The molecular formula is C11H12ClFN2O3S. The average molecular weight is 307 g/mol. The average Bonchev–Trinajstić information content (AvgIpc) is 2.56. The molecule has 1 unspecified atom stereocenters. The van der Waals surface area contributed by atoms with Crippen LogP contribution in [-0.2, 0) is 15.0 Å². The van der Waals surface area contributed by atoms with Crippen molar-refractivity contribution in [1.29, 1.82) is 0 Å². The molecule has 2 heterocycles. The Bertz CT molecular complexity index is 620. The lowest BCUT2D eigenvalue weighted by atomic mass is 10.1. The van der Waals surface area contributed by atoms with Gasteiger partial charge in [-0.05, 0) is 18.6 Å². The van der Waals surface area contributed by atoms with Crippen molar-refractivity contribution in [2.24, 2.45) is 5.92 Å². The number of carbonyl (C=O) groups excluding carboxylic acids is 1. The van der Waals surface area contributed by atoms with Gasteiger partial charge in [0.15, 0.2) is 0 Å². The highest BCUT2D eigenvalue weighted by molar-refractivity contribution is 7.86. The van der Waals surface area contributed by atoms with E-state index in [2.05, 4.69) is 4.98 Å². The van der Waals surface area contributed by atoms with Crippen molar-refractivity contribution < 1.29 is 17.1 Å². The molecule has 2 rings (SSSR count). The van der Waals surface area contributed by atoms with Crippen LogP contribution < -0.4 is 4.90 Å². The van der Waals surface area contributed by atoms with E-state index in [0.717, 1.165) is 0 Å². The van der Waals surface area contributed by atoms with E-state index in [4.69, 9.17) is 11.6 Å². The van der Waals surface area contributed by atoms with Gasteiger partial charge in [0.05, 0.1) is 10.8 Å². The molecule has 1 saturated heterocycles. The molecule has 1 fully saturated rings. The SMILES string of the molecule is Cc1cc(Cl)cnc1N1CC(CS(=O)(=O)F)CC1=O. The molecule has 1 aromatic rings. The van der Waals surface area contributed by atoms with Gasteiger partial charge in [-0.1, -0.05) is 11.6 Å². The Morgan fingerprint density at radius 1 is 1.58 bits per heavy atom. The van der Waals surface area contributed by atoms with Gasteiger partial charge >= 0.3 is 10.2 Å². The van der Waals surface area contributed by atoms with Gasteiger partial charge in [-0.25, -0.2) is 4.98 Å². The van der Waals surface area contributed by atoms with E-state index in [1.54, 1.807) is 13.0 Å². The number of nitrogens with zero attached hydrogens (tertiary/aromatic N) is 2. The maximum atomic E-state index is 12.6. The van der Waals surface area contributed by atoms with Gasteiger partial charge in [0.25, 0.3) is 0 Å². The summed E-state index contributed by atoms with van der Waals surface area (Å²) < 4.78 is 33.9. The maximum absolute atomic E-state index is 12.6. The molecule has 1 atom stereocenters. The zero-order valence-corrected chi connectivity index (χ0v) is 11.7. The first-order valence-corrected chi connectivity index (χ1v) is 7.54. The zero-order valence-electron chi connectivity index (χ0n) is 10.1. The largest absolute Gasteiger partial charge is 0.302 e. The lowest BCUT2D eigenvalue weighted by Gasteiger charge is -2.17. The van der Waals surface area contributed by atoms with Crippen LogP contribution in [-0.4, -0.2) is 31.6 Å². The van der Waals surface area contributed by atoms with Gasteiger partial charge in [-0.15, -0.1) is 3.89 Å². The minimum Gasteiger partial charge on any atom is -0.296 e. The van der Waals surface area contributed by atoms with Crippen molar-refractivity contribution in [3.8, 4) is 0 Å². The van der Waals surface area contributed by atoms with Crippen LogP contribution in [0.15, 0.2) is 12.3 Å². The Hall–Kier alpha value is -1.21. The number of amides is 1. The molecular weight excluding hydrogens is 295 g/mol. The molecule has 0 N–H and O–H groups in total. The maximum Gasteiger partial charge on any atom is 0.302 e. The number of hydrogen-bond acceptors (Lipinski definition) is 4. The molecule has 1 aliphatic heterocycles. The van der Waals surface area contributed by atoms with E-state index in [0.29, 0.717) is 16.4 Å². The normalized spacial score (nSPS) is 20.1. The van der Waals surface area contributed by atoms with Gasteiger partial charge in [0, 0.05) is 25.1 Å². The Morgan fingerprint density at radius 3 is 2.84 bits per heavy atom. The van der Waals surface area contributed by atoms with Gasteiger partial charge in [0.2, 0.25) is 5.91 Å². The number of aryl methyl sites for hydroxylation is 1. The first-order valence-electron chi connectivity index (χ1n) is 5.61. The molecule has 1 amide bonds. The Kier molecular flexibility index (Phi) is 3.78. The molecule has 0 saturated carbocycles. The number of rotatable bonds is 3. The molecule has 0 bridgehead atoms. The van der Waals surface area contributed by atoms with E-state index in [-0.39, 0.29) is 18.9 Å². The smallest absolute Gasteiger partial charge is 0.296 e. The molecule has 5 nitrogen and oxygen atoms in total. The first-order chi connectivity index (χ1) is 8.76. The van der Waals surface area contributed by atoms with Crippen molar-refractivity contribution in [1.82, 2.24) is 4.98 Å². The summed E-state index contributed by atoms with van der Waals surface area (Å²) in [6, 6.07) is 1.66. The number of aromatic nitrogens is 1. The van der Waals surface area contributed by atoms with Crippen LogP contribution in [0.5, 0.6) is 0 Å². The minimum absolute atomic E-state index is 0.00684. The highest BCUT2D eigenvalue weighted by atomic mass is 35.5. The Labute approximate surface area is 115 Å². The fourth-order valence-electron chi connectivity index (χ4n) is 2.20. The summed E-state index contributed by atoms with van der Waals surface area (Å²) >= 11 is 5.78.